The Morgan fingerprint density at radius 3 is 2.05 bits per heavy atom. The van der Waals surface area contributed by atoms with E-state index in [0.717, 1.165) is 5.03 Å². The molecule has 2 nitrogen and oxygen atoms in total. The predicted molar refractivity (Wildman–Crippen MR) is 79.7 cm³/mol. The summed E-state index contributed by atoms with van der Waals surface area (Å²) in [6, 6.07) is 8.16. The molecule has 19 heavy (non-hydrogen) atoms. The van der Waals surface area contributed by atoms with Crippen LogP contribution in [0.3, 0.4) is 0 Å². The third-order valence-electron chi connectivity index (χ3n) is 1.89. The molecule has 0 aromatic carbocycles. The van der Waals surface area contributed by atoms with Crippen molar-refractivity contribution < 1.29 is 8.78 Å². The quantitative estimate of drug-likeness (QED) is 0.572. The van der Waals surface area contributed by atoms with Crippen molar-refractivity contribution in [3.05, 3.63) is 46.7 Å². The first-order chi connectivity index (χ1) is 9.06. The molecule has 0 atom stereocenters. The average Bonchev–Trinajstić information content (AvgIpc) is 2.42. The van der Waals surface area contributed by atoms with Crippen molar-refractivity contribution >= 4 is 39.5 Å². The SMILES string of the molecule is CSc1ccc(Br)c(F)n1.CSc1cccc(F)n1. The lowest BCUT2D eigenvalue weighted by Gasteiger charge is -1.95. The molecule has 0 saturated heterocycles. The number of hydrogen-bond donors (Lipinski definition) is 0. The van der Waals surface area contributed by atoms with Crippen molar-refractivity contribution in [2.24, 2.45) is 0 Å². The summed E-state index contributed by atoms with van der Waals surface area (Å²) in [6.45, 7) is 0. The van der Waals surface area contributed by atoms with E-state index in [0.29, 0.717) is 9.50 Å². The van der Waals surface area contributed by atoms with Gasteiger partial charge in [-0.05, 0) is 52.7 Å². The Labute approximate surface area is 127 Å². The number of pyridine rings is 2. The Kier molecular flexibility index (Phi) is 7.33. The molecule has 2 aromatic rings. The number of aromatic nitrogens is 2. The van der Waals surface area contributed by atoms with E-state index in [4.69, 9.17) is 0 Å². The van der Waals surface area contributed by atoms with Crippen LogP contribution in [-0.4, -0.2) is 22.5 Å². The number of hydrogen-bond acceptors (Lipinski definition) is 4. The van der Waals surface area contributed by atoms with Gasteiger partial charge in [0, 0.05) is 0 Å². The van der Waals surface area contributed by atoms with Crippen molar-refractivity contribution in [3.8, 4) is 0 Å². The zero-order chi connectivity index (χ0) is 14.3. The van der Waals surface area contributed by atoms with Gasteiger partial charge in [0.05, 0.1) is 14.5 Å². The minimum Gasteiger partial charge on any atom is -0.213 e. The lowest BCUT2D eigenvalue weighted by Crippen LogP contribution is -1.85. The van der Waals surface area contributed by atoms with E-state index < -0.39 is 11.9 Å². The van der Waals surface area contributed by atoms with Crippen LogP contribution in [0.15, 0.2) is 44.9 Å². The third-order valence-corrected chi connectivity index (χ3v) is 3.77. The molecule has 0 aliphatic rings. The first-order valence-electron chi connectivity index (χ1n) is 5.09. The summed E-state index contributed by atoms with van der Waals surface area (Å²) in [7, 11) is 0. The summed E-state index contributed by atoms with van der Waals surface area (Å²) in [4.78, 5) is 7.23. The maximum absolute atomic E-state index is 12.6. The van der Waals surface area contributed by atoms with Crippen LogP contribution in [0.5, 0.6) is 0 Å². The summed E-state index contributed by atoms with van der Waals surface area (Å²) < 4.78 is 25.2. The number of halogens is 3. The highest BCUT2D eigenvalue weighted by Crippen LogP contribution is 2.17. The zero-order valence-electron chi connectivity index (χ0n) is 10.2. The second-order valence-corrected chi connectivity index (χ2v) is 5.64. The molecule has 2 aromatic heterocycles. The molecule has 102 valence electrons. The van der Waals surface area contributed by atoms with Crippen molar-refractivity contribution in [2.75, 3.05) is 12.5 Å². The molecule has 0 aliphatic heterocycles. The molecule has 0 unspecified atom stereocenters. The molecular formula is C12H11BrF2N2S2. The fourth-order valence-electron chi connectivity index (χ4n) is 1.02. The van der Waals surface area contributed by atoms with E-state index in [-0.39, 0.29) is 0 Å². The van der Waals surface area contributed by atoms with Crippen LogP contribution >= 0.6 is 39.5 Å². The molecule has 0 radical (unpaired) electrons. The summed E-state index contributed by atoms with van der Waals surface area (Å²) in [5.74, 6) is -0.867. The minimum atomic E-state index is -0.452. The standard InChI is InChI=1S/C6H5BrFNS.C6H6FNS/c1-10-5-3-2-4(7)6(8)9-5;1-9-6-4-2-3-5(7)8-6/h2-3H,1H3;2-4H,1H3. The van der Waals surface area contributed by atoms with Crippen LogP contribution in [-0.2, 0) is 0 Å². The fraction of sp³-hybridized carbons (Fsp3) is 0.167. The lowest BCUT2D eigenvalue weighted by atomic mass is 10.5. The van der Waals surface area contributed by atoms with Crippen LogP contribution in [0.1, 0.15) is 0 Å². The van der Waals surface area contributed by atoms with Crippen LogP contribution in [0.2, 0.25) is 0 Å². The summed E-state index contributed by atoms with van der Waals surface area (Å²) >= 11 is 5.86. The van der Waals surface area contributed by atoms with E-state index in [2.05, 4.69) is 25.9 Å². The third kappa shape index (κ3) is 5.88. The van der Waals surface area contributed by atoms with Gasteiger partial charge in [0.2, 0.25) is 11.9 Å². The summed E-state index contributed by atoms with van der Waals surface area (Å²) in [5, 5.41) is 1.41. The molecule has 0 aliphatic carbocycles. The summed E-state index contributed by atoms with van der Waals surface area (Å²) in [5.41, 5.74) is 0. The van der Waals surface area contributed by atoms with Crippen molar-refractivity contribution in [1.29, 1.82) is 0 Å². The molecular weight excluding hydrogens is 354 g/mol. The van der Waals surface area contributed by atoms with Gasteiger partial charge in [-0.3, -0.25) is 0 Å². The Hall–Kier alpha value is -0.660. The topological polar surface area (TPSA) is 25.8 Å². The smallest absolute Gasteiger partial charge is 0.213 e. The molecule has 0 fully saturated rings. The Bertz CT molecular complexity index is 541. The van der Waals surface area contributed by atoms with Crippen LogP contribution in [0.25, 0.3) is 0 Å². The Morgan fingerprint density at radius 2 is 1.58 bits per heavy atom. The highest BCUT2D eigenvalue weighted by atomic mass is 79.9. The molecule has 2 rings (SSSR count). The van der Waals surface area contributed by atoms with Crippen molar-refractivity contribution in [1.82, 2.24) is 9.97 Å². The van der Waals surface area contributed by atoms with Gasteiger partial charge in [-0.25, -0.2) is 9.97 Å². The maximum atomic E-state index is 12.6. The number of nitrogens with zero attached hydrogens (tertiary/aromatic N) is 2. The van der Waals surface area contributed by atoms with Crippen LogP contribution in [0.4, 0.5) is 8.78 Å². The van der Waals surface area contributed by atoms with E-state index in [1.807, 2.05) is 12.5 Å². The summed E-state index contributed by atoms with van der Waals surface area (Å²) in [6.07, 6.45) is 3.72. The highest BCUT2D eigenvalue weighted by Gasteiger charge is 1.99. The van der Waals surface area contributed by atoms with Crippen molar-refractivity contribution in [3.63, 3.8) is 0 Å². The fourth-order valence-corrected chi connectivity index (χ4v) is 2.01. The van der Waals surface area contributed by atoms with Gasteiger partial charge < -0.3 is 0 Å². The normalized spacial score (nSPS) is 9.74. The van der Waals surface area contributed by atoms with Gasteiger partial charge in [-0.2, -0.15) is 8.78 Å². The van der Waals surface area contributed by atoms with Gasteiger partial charge in [0.15, 0.2) is 0 Å². The number of rotatable bonds is 2. The zero-order valence-corrected chi connectivity index (χ0v) is 13.5. The second-order valence-electron chi connectivity index (χ2n) is 3.13. The second kappa shape index (κ2) is 8.50. The van der Waals surface area contributed by atoms with E-state index in [9.17, 15) is 8.78 Å². The van der Waals surface area contributed by atoms with Gasteiger partial charge >= 0.3 is 0 Å². The Balaban J connectivity index is 0.000000191. The molecule has 7 heteroatoms. The molecule has 0 bridgehead atoms. The highest BCUT2D eigenvalue weighted by molar-refractivity contribution is 9.10. The molecule has 0 saturated carbocycles. The first kappa shape index (κ1) is 16.4. The van der Waals surface area contributed by atoms with Gasteiger partial charge in [-0.1, -0.05) is 6.07 Å². The largest absolute Gasteiger partial charge is 0.228 e. The minimum absolute atomic E-state index is 0.408. The van der Waals surface area contributed by atoms with Gasteiger partial charge in [-0.15, -0.1) is 23.5 Å². The Morgan fingerprint density at radius 1 is 0.947 bits per heavy atom. The van der Waals surface area contributed by atoms with E-state index in [1.165, 1.54) is 29.6 Å². The lowest BCUT2D eigenvalue weighted by molar-refractivity contribution is 0.565. The van der Waals surface area contributed by atoms with E-state index in [1.54, 1.807) is 24.3 Å². The predicted octanol–water partition coefficient (Wildman–Crippen LogP) is 4.65. The molecule has 0 N–H and O–H groups in total. The van der Waals surface area contributed by atoms with Gasteiger partial charge in [0.25, 0.3) is 0 Å². The first-order valence-corrected chi connectivity index (χ1v) is 8.33. The molecule has 0 amide bonds. The van der Waals surface area contributed by atoms with Crippen LogP contribution in [0, 0.1) is 11.9 Å². The molecule has 0 spiro atoms. The monoisotopic (exact) mass is 364 g/mol. The average molecular weight is 365 g/mol. The number of thioether (sulfide) groups is 2. The van der Waals surface area contributed by atoms with Crippen LogP contribution < -0.4 is 0 Å². The van der Waals surface area contributed by atoms with Gasteiger partial charge in [0.1, 0.15) is 0 Å². The van der Waals surface area contributed by atoms with Crippen molar-refractivity contribution in [2.45, 2.75) is 10.1 Å². The van der Waals surface area contributed by atoms with E-state index >= 15 is 0 Å². The maximum Gasteiger partial charge on any atom is 0.228 e. The molecule has 2 heterocycles.